The third-order valence-electron chi connectivity index (χ3n) is 1.71. The lowest BCUT2D eigenvalue weighted by Crippen LogP contribution is -1.89. The number of halogens is 1. The standard InChI is InChI=1S/C10H7FN2OS/c11-8-3-1-2-4-9(8)14-7-5-12-10(15)13-6-7/h1-6H,(H,12,13,15). The number of hydrogen-bond acceptors (Lipinski definition) is 3. The monoisotopic (exact) mass is 222 g/mol. The van der Waals surface area contributed by atoms with Gasteiger partial charge in [0.1, 0.15) is 0 Å². The third kappa shape index (κ3) is 2.38. The van der Waals surface area contributed by atoms with E-state index in [1.54, 1.807) is 12.1 Å². The number of ether oxygens (including phenoxy) is 1. The molecule has 0 unspecified atom stereocenters. The lowest BCUT2D eigenvalue weighted by molar-refractivity contribution is 0.438. The number of aromatic nitrogens is 2. The van der Waals surface area contributed by atoms with Gasteiger partial charge in [-0.3, -0.25) is 0 Å². The average Bonchev–Trinajstić information content (AvgIpc) is 2.25. The van der Waals surface area contributed by atoms with E-state index in [2.05, 4.69) is 9.97 Å². The molecular formula is C10H7FN2OS. The Bertz CT molecular complexity index is 506. The predicted octanol–water partition coefficient (Wildman–Crippen LogP) is 3.07. The molecule has 0 spiro atoms. The number of aromatic amines is 1. The first-order valence-corrected chi connectivity index (χ1v) is 4.63. The van der Waals surface area contributed by atoms with Crippen molar-refractivity contribution in [1.29, 1.82) is 0 Å². The van der Waals surface area contributed by atoms with Gasteiger partial charge in [0.2, 0.25) is 0 Å². The van der Waals surface area contributed by atoms with Crippen LogP contribution in [0.2, 0.25) is 0 Å². The maximum Gasteiger partial charge on any atom is 0.196 e. The molecule has 3 nitrogen and oxygen atoms in total. The van der Waals surface area contributed by atoms with Gasteiger partial charge in [-0.2, -0.15) is 0 Å². The Balaban J connectivity index is 2.26. The maximum absolute atomic E-state index is 13.2. The summed E-state index contributed by atoms with van der Waals surface area (Å²) in [6.45, 7) is 0. The Hall–Kier alpha value is -1.75. The number of hydrogen-bond donors (Lipinski definition) is 1. The molecule has 0 amide bonds. The minimum absolute atomic E-state index is 0.157. The lowest BCUT2D eigenvalue weighted by Gasteiger charge is -2.04. The molecule has 1 heterocycles. The van der Waals surface area contributed by atoms with Gasteiger partial charge in [0.25, 0.3) is 0 Å². The summed E-state index contributed by atoms with van der Waals surface area (Å²) in [6.07, 6.45) is 2.97. The van der Waals surface area contributed by atoms with E-state index in [1.807, 2.05) is 0 Å². The first kappa shape index (κ1) is 9.79. The van der Waals surface area contributed by atoms with Crippen molar-refractivity contribution in [2.45, 2.75) is 0 Å². The van der Waals surface area contributed by atoms with Gasteiger partial charge >= 0.3 is 0 Å². The Kier molecular flexibility index (Phi) is 2.73. The summed E-state index contributed by atoms with van der Waals surface area (Å²) < 4.78 is 18.8. The molecule has 0 aliphatic carbocycles. The van der Waals surface area contributed by atoms with Crippen LogP contribution < -0.4 is 4.74 Å². The fourth-order valence-electron chi connectivity index (χ4n) is 1.04. The van der Waals surface area contributed by atoms with E-state index < -0.39 is 5.82 Å². The second-order valence-corrected chi connectivity index (χ2v) is 3.17. The molecular weight excluding hydrogens is 215 g/mol. The average molecular weight is 222 g/mol. The van der Waals surface area contributed by atoms with Gasteiger partial charge in [0.15, 0.2) is 22.1 Å². The van der Waals surface area contributed by atoms with Crippen LogP contribution >= 0.6 is 12.2 Å². The van der Waals surface area contributed by atoms with E-state index in [0.29, 0.717) is 10.5 Å². The number of nitrogens with one attached hydrogen (secondary N) is 1. The van der Waals surface area contributed by atoms with Crippen LogP contribution in [0.15, 0.2) is 36.7 Å². The fourth-order valence-corrected chi connectivity index (χ4v) is 1.15. The molecule has 0 saturated carbocycles. The zero-order valence-corrected chi connectivity index (χ0v) is 8.42. The second kappa shape index (κ2) is 4.18. The van der Waals surface area contributed by atoms with Crippen molar-refractivity contribution in [3.63, 3.8) is 0 Å². The first-order chi connectivity index (χ1) is 7.25. The highest BCUT2D eigenvalue weighted by Crippen LogP contribution is 2.22. The Morgan fingerprint density at radius 2 is 2.13 bits per heavy atom. The highest BCUT2D eigenvalue weighted by molar-refractivity contribution is 7.71. The molecule has 2 aromatic rings. The molecule has 0 aliphatic rings. The minimum atomic E-state index is -0.417. The Morgan fingerprint density at radius 1 is 1.33 bits per heavy atom. The maximum atomic E-state index is 13.2. The zero-order chi connectivity index (χ0) is 10.7. The third-order valence-corrected chi connectivity index (χ3v) is 1.93. The quantitative estimate of drug-likeness (QED) is 0.793. The lowest BCUT2D eigenvalue weighted by atomic mass is 10.3. The Morgan fingerprint density at radius 3 is 2.80 bits per heavy atom. The van der Waals surface area contributed by atoms with Crippen LogP contribution in [0.1, 0.15) is 0 Å². The van der Waals surface area contributed by atoms with E-state index in [-0.39, 0.29) is 5.75 Å². The summed E-state index contributed by atoms with van der Waals surface area (Å²) in [5, 5.41) is 0. The topological polar surface area (TPSA) is 37.9 Å². The van der Waals surface area contributed by atoms with E-state index >= 15 is 0 Å². The number of H-pyrrole nitrogens is 1. The van der Waals surface area contributed by atoms with Crippen LogP contribution in [-0.2, 0) is 0 Å². The predicted molar refractivity (Wildman–Crippen MR) is 55.9 cm³/mol. The summed E-state index contributed by atoms with van der Waals surface area (Å²) in [5.74, 6) is 0.151. The molecule has 0 radical (unpaired) electrons. The van der Waals surface area contributed by atoms with E-state index in [9.17, 15) is 4.39 Å². The molecule has 0 bridgehead atoms. The summed E-state index contributed by atoms with van der Waals surface area (Å²) in [5.41, 5.74) is 0. The number of rotatable bonds is 2. The van der Waals surface area contributed by atoms with Crippen molar-refractivity contribution in [2.75, 3.05) is 0 Å². The van der Waals surface area contributed by atoms with Crippen molar-refractivity contribution in [3.05, 3.63) is 47.2 Å². The summed E-state index contributed by atoms with van der Waals surface area (Å²) >= 11 is 4.77. The van der Waals surface area contributed by atoms with Gasteiger partial charge in [0, 0.05) is 6.20 Å². The van der Waals surface area contributed by atoms with Crippen LogP contribution in [0.25, 0.3) is 0 Å². The van der Waals surface area contributed by atoms with Crippen molar-refractivity contribution < 1.29 is 9.13 Å². The minimum Gasteiger partial charge on any atom is -0.451 e. The van der Waals surface area contributed by atoms with Crippen molar-refractivity contribution >= 4 is 12.2 Å². The van der Waals surface area contributed by atoms with Gasteiger partial charge in [-0.1, -0.05) is 12.1 Å². The fraction of sp³-hybridized carbons (Fsp3) is 0. The molecule has 0 fully saturated rings. The van der Waals surface area contributed by atoms with Crippen molar-refractivity contribution in [1.82, 2.24) is 9.97 Å². The molecule has 2 rings (SSSR count). The molecule has 1 aromatic heterocycles. The molecule has 0 saturated heterocycles. The molecule has 1 aromatic carbocycles. The number of para-hydroxylation sites is 1. The van der Waals surface area contributed by atoms with Crippen LogP contribution in [0, 0.1) is 10.6 Å². The van der Waals surface area contributed by atoms with Crippen molar-refractivity contribution in [3.8, 4) is 11.5 Å². The van der Waals surface area contributed by atoms with Crippen molar-refractivity contribution in [2.24, 2.45) is 0 Å². The molecule has 76 valence electrons. The van der Waals surface area contributed by atoms with E-state index in [0.717, 1.165) is 0 Å². The highest BCUT2D eigenvalue weighted by atomic mass is 32.1. The summed E-state index contributed by atoms with van der Waals surface area (Å²) in [7, 11) is 0. The Labute approximate surface area is 90.6 Å². The van der Waals surface area contributed by atoms with Gasteiger partial charge in [0.05, 0.1) is 6.20 Å². The normalized spacial score (nSPS) is 9.93. The molecule has 0 atom stereocenters. The smallest absolute Gasteiger partial charge is 0.196 e. The van der Waals surface area contributed by atoms with Gasteiger partial charge in [-0.05, 0) is 24.4 Å². The van der Waals surface area contributed by atoms with E-state index in [4.69, 9.17) is 17.0 Å². The van der Waals surface area contributed by atoms with Gasteiger partial charge in [-0.25, -0.2) is 9.37 Å². The van der Waals surface area contributed by atoms with Gasteiger partial charge < -0.3 is 9.72 Å². The summed E-state index contributed by atoms with van der Waals surface area (Å²) in [4.78, 5) is 6.51. The largest absolute Gasteiger partial charge is 0.451 e. The first-order valence-electron chi connectivity index (χ1n) is 4.23. The van der Waals surface area contributed by atoms with Crippen LogP contribution in [0.5, 0.6) is 11.5 Å². The van der Waals surface area contributed by atoms with E-state index in [1.165, 1.54) is 24.5 Å². The molecule has 0 aliphatic heterocycles. The number of benzene rings is 1. The van der Waals surface area contributed by atoms with Crippen LogP contribution in [-0.4, -0.2) is 9.97 Å². The molecule has 1 N–H and O–H groups in total. The zero-order valence-electron chi connectivity index (χ0n) is 7.61. The highest BCUT2D eigenvalue weighted by Gasteiger charge is 2.02. The molecule has 15 heavy (non-hydrogen) atoms. The van der Waals surface area contributed by atoms with Crippen LogP contribution in [0.3, 0.4) is 0 Å². The number of nitrogens with zero attached hydrogens (tertiary/aromatic N) is 1. The molecule has 5 heteroatoms. The van der Waals surface area contributed by atoms with Gasteiger partial charge in [-0.15, -0.1) is 0 Å². The summed E-state index contributed by atoms with van der Waals surface area (Å²) in [6, 6.07) is 6.15. The SMILES string of the molecule is Fc1ccccc1Oc1cnc(=S)[nH]c1. The van der Waals surface area contributed by atoms with Crippen LogP contribution in [0.4, 0.5) is 4.39 Å². The second-order valence-electron chi connectivity index (χ2n) is 2.79.